The van der Waals surface area contributed by atoms with Crippen LogP contribution in [0.3, 0.4) is 0 Å². The van der Waals surface area contributed by atoms with Gasteiger partial charge < -0.3 is 4.79 Å². The van der Waals surface area contributed by atoms with Crippen LogP contribution in [0.25, 0.3) is 0 Å². The predicted octanol–water partition coefficient (Wildman–Crippen LogP) is 8.84. The van der Waals surface area contributed by atoms with Gasteiger partial charge in [0.25, 0.3) is 0 Å². The predicted molar refractivity (Wildman–Crippen MR) is 127 cm³/mol. The summed E-state index contributed by atoms with van der Waals surface area (Å²) < 4.78 is 0. The van der Waals surface area contributed by atoms with Gasteiger partial charge >= 0.3 is 0 Å². The van der Waals surface area contributed by atoms with Crippen LogP contribution in [0.15, 0.2) is 58.2 Å². The Bertz CT molecular complexity index is 577. The molecule has 28 heavy (non-hydrogen) atoms. The zero-order chi connectivity index (χ0) is 21.2. The van der Waals surface area contributed by atoms with Crippen molar-refractivity contribution in [3.05, 3.63) is 58.2 Å². The summed E-state index contributed by atoms with van der Waals surface area (Å²) in [6.07, 6.45) is 23.5. The Hall–Kier alpha value is -1.63. The van der Waals surface area contributed by atoms with Crippen LogP contribution >= 0.6 is 0 Å². The molecule has 0 unspecified atom stereocenters. The third kappa shape index (κ3) is 17.8. The van der Waals surface area contributed by atoms with Gasteiger partial charge in [0, 0.05) is 6.42 Å². The average Bonchev–Trinajstić information content (AvgIpc) is 2.63. The first-order valence-electron chi connectivity index (χ1n) is 11.0. The van der Waals surface area contributed by atoms with Crippen molar-refractivity contribution in [1.82, 2.24) is 0 Å². The second-order valence-electron chi connectivity index (χ2n) is 8.38. The molecular weight excluding hydrogens is 340 g/mol. The molecule has 0 bridgehead atoms. The number of aldehydes is 1. The molecule has 0 rings (SSSR count). The van der Waals surface area contributed by atoms with Crippen molar-refractivity contribution < 1.29 is 4.79 Å². The van der Waals surface area contributed by atoms with Gasteiger partial charge in [-0.25, -0.2) is 0 Å². The van der Waals surface area contributed by atoms with Crippen LogP contribution < -0.4 is 0 Å². The summed E-state index contributed by atoms with van der Waals surface area (Å²) in [6.45, 7) is 13.2. The van der Waals surface area contributed by atoms with E-state index in [-0.39, 0.29) is 0 Å². The molecule has 0 aromatic rings. The molecule has 0 aromatic carbocycles. The van der Waals surface area contributed by atoms with E-state index in [1.807, 2.05) is 0 Å². The highest BCUT2D eigenvalue weighted by Crippen LogP contribution is 2.14. The van der Waals surface area contributed by atoms with Crippen LogP contribution in [0.1, 0.15) is 106 Å². The van der Waals surface area contributed by atoms with E-state index in [0.29, 0.717) is 6.42 Å². The minimum atomic E-state index is 0.647. The van der Waals surface area contributed by atoms with Gasteiger partial charge in [0.05, 0.1) is 0 Å². The van der Waals surface area contributed by atoms with Crippen LogP contribution in [-0.4, -0.2) is 6.29 Å². The van der Waals surface area contributed by atoms with Crippen molar-refractivity contribution in [2.75, 3.05) is 0 Å². The molecule has 0 aromatic heterocycles. The molecule has 1 nitrogen and oxygen atoms in total. The molecule has 0 N–H and O–H groups in total. The molecule has 0 radical (unpaired) electrons. The second kappa shape index (κ2) is 17.5. The largest absolute Gasteiger partial charge is 0.303 e. The van der Waals surface area contributed by atoms with E-state index >= 15 is 0 Å². The van der Waals surface area contributed by atoms with E-state index in [0.717, 1.165) is 44.8 Å². The number of hydrogen-bond donors (Lipinski definition) is 0. The van der Waals surface area contributed by atoms with Crippen molar-refractivity contribution in [2.45, 2.75) is 106 Å². The summed E-state index contributed by atoms with van der Waals surface area (Å²) in [7, 11) is 0. The highest BCUT2D eigenvalue weighted by molar-refractivity contribution is 5.49. The van der Waals surface area contributed by atoms with Crippen molar-refractivity contribution in [1.29, 1.82) is 0 Å². The molecule has 0 amide bonds. The van der Waals surface area contributed by atoms with E-state index in [1.165, 1.54) is 47.1 Å². The standard InChI is InChI=1S/C27H44O/c1-23(2)13-9-16-26(5)19-10-17-24(3)14-7-8-15-25(4)18-11-20-27(6)21-12-22-28/h13-15,19-20,22H,7-12,16-18,21H2,1-6H3/b24-14+,25-15+,26-19-,27-20+. The summed E-state index contributed by atoms with van der Waals surface area (Å²) in [4.78, 5) is 10.4. The van der Waals surface area contributed by atoms with Crippen LogP contribution in [-0.2, 0) is 4.79 Å². The van der Waals surface area contributed by atoms with Crippen LogP contribution in [0.2, 0.25) is 0 Å². The van der Waals surface area contributed by atoms with Crippen molar-refractivity contribution in [2.24, 2.45) is 0 Å². The van der Waals surface area contributed by atoms with Gasteiger partial charge in [0.15, 0.2) is 0 Å². The second-order valence-corrected chi connectivity index (χ2v) is 8.38. The van der Waals surface area contributed by atoms with Gasteiger partial charge in [-0.3, -0.25) is 0 Å². The smallest absolute Gasteiger partial charge is 0.120 e. The Morgan fingerprint density at radius 2 is 0.786 bits per heavy atom. The van der Waals surface area contributed by atoms with Gasteiger partial charge in [-0.1, -0.05) is 58.2 Å². The Balaban J connectivity index is 4.02. The first-order valence-corrected chi connectivity index (χ1v) is 11.0. The van der Waals surface area contributed by atoms with E-state index < -0.39 is 0 Å². The Morgan fingerprint density at radius 1 is 0.464 bits per heavy atom. The van der Waals surface area contributed by atoms with Crippen LogP contribution in [0.5, 0.6) is 0 Å². The Kier molecular flexibility index (Phi) is 16.5. The van der Waals surface area contributed by atoms with Crippen molar-refractivity contribution >= 4 is 6.29 Å². The maximum atomic E-state index is 10.4. The summed E-state index contributed by atoms with van der Waals surface area (Å²) >= 11 is 0. The lowest BCUT2D eigenvalue weighted by Crippen LogP contribution is -1.82. The molecule has 0 heterocycles. The van der Waals surface area contributed by atoms with Gasteiger partial charge in [-0.2, -0.15) is 0 Å². The summed E-state index contributed by atoms with van der Waals surface area (Å²) in [5.74, 6) is 0. The zero-order valence-electron chi connectivity index (χ0n) is 19.4. The minimum Gasteiger partial charge on any atom is -0.303 e. The lowest BCUT2D eigenvalue weighted by molar-refractivity contribution is -0.107. The number of hydrogen-bond acceptors (Lipinski definition) is 1. The number of allylic oxidation sites excluding steroid dienone is 10. The normalized spacial score (nSPS) is 13.6. The molecule has 0 saturated carbocycles. The summed E-state index contributed by atoms with van der Waals surface area (Å²) in [6, 6.07) is 0. The Labute approximate surface area is 175 Å². The van der Waals surface area contributed by atoms with Crippen molar-refractivity contribution in [3.8, 4) is 0 Å². The van der Waals surface area contributed by atoms with E-state index in [9.17, 15) is 4.79 Å². The molecule has 0 fully saturated rings. The van der Waals surface area contributed by atoms with Crippen molar-refractivity contribution in [3.63, 3.8) is 0 Å². The molecule has 0 aliphatic carbocycles. The minimum absolute atomic E-state index is 0.647. The molecule has 0 saturated heterocycles. The fraction of sp³-hybridized carbons (Fsp3) is 0.593. The average molecular weight is 385 g/mol. The highest BCUT2D eigenvalue weighted by atomic mass is 16.1. The maximum absolute atomic E-state index is 10.4. The fourth-order valence-electron chi connectivity index (χ4n) is 3.04. The SMILES string of the molecule is CC(C)=CCC/C(C)=C\CC/C(C)=C/CC/C=C(\C)CC/C=C(\C)CCC=O. The van der Waals surface area contributed by atoms with Gasteiger partial charge in [-0.15, -0.1) is 0 Å². The zero-order valence-corrected chi connectivity index (χ0v) is 19.4. The molecule has 0 atom stereocenters. The maximum Gasteiger partial charge on any atom is 0.120 e. The lowest BCUT2D eigenvalue weighted by atomic mass is 10.0. The van der Waals surface area contributed by atoms with E-state index in [4.69, 9.17) is 0 Å². The number of unbranched alkanes of at least 4 members (excludes halogenated alkanes) is 1. The number of carbonyl (C=O) groups is 1. The third-order valence-corrected chi connectivity index (χ3v) is 4.96. The quantitative estimate of drug-likeness (QED) is 0.156. The van der Waals surface area contributed by atoms with Crippen LogP contribution in [0.4, 0.5) is 0 Å². The topological polar surface area (TPSA) is 17.1 Å². The van der Waals surface area contributed by atoms with E-state index in [2.05, 4.69) is 71.9 Å². The third-order valence-electron chi connectivity index (χ3n) is 4.96. The van der Waals surface area contributed by atoms with Crippen LogP contribution in [0, 0.1) is 0 Å². The van der Waals surface area contributed by atoms with Gasteiger partial charge in [0.1, 0.15) is 6.29 Å². The highest BCUT2D eigenvalue weighted by Gasteiger charge is 1.94. The monoisotopic (exact) mass is 384 g/mol. The fourth-order valence-corrected chi connectivity index (χ4v) is 3.04. The molecule has 1 heteroatoms. The molecule has 0 spiro atoms. The first kappa shape index (κ1) is 26.4. The van der Waals surface area contributed by atoms with E-state index in [1.54, 1.807) is 0 Å². The lowest BCUT2D eigenvalue weighted by Gasteiger charge is -2.02. The number of rotatable bonds is 15. The van der Waals surface area contributed by atoms with Gasteiger partial charge in [0.2, 0.25) is 0 Å². The Morgan fingerprint density at radius 3 is 1.14 bits per heavy atom. The summed E-state index contributed by atoms with van der Waals surface area (Å²) in [5, 5.41) is 0. The molecule has 158 valence electrons. The van der Waals surface area contributed by atoms with Gasteiger partial charge in [-0.05, 0) is 99.3 Å². The molecular formula is C27H44O. The molecule has 0 aliphatic rings. The summed E-state index contributed by atoms with van der Waals surface area (Å²) in [5.41, 5.74) is 7.24. The number of carbonyl (C=O) groups excluding carboxylic acids is 1. The molecule has 0 aliphatic heterocycles. The first-order chi connectivity index (χ1) is 13.3.